The van der Waals surface area contributed by atoms with Crippen LogP contribution in [0.5, 0.6) is 0 Å². The van der Waals surface area contributed by atoms with Crippen molar-refractivity contribution in [3.63, 3.8) is 0 Å². The number of fused-ring (bicyclic) bond motifs is 1. The van der Waals surface area contributed by atoms with Gasteiger partial charge in [0, 0.05) is 29.2 Å². The number of nitrogens with one attached hydrogen (secondary N) is 1. The first-order chi connectivity index (χ1) is 15.6. The van der Waals surface area contributed by atoms with Crippen LogP contribution in [-0.4, -0.2) is 19.2 Å². The van der Waals surface area contributed by atoms with Crippen LogP contribution in [0.1, 0.15) is 28.3 Å². The molecule has 1 atom stereocenters. The first-order valence-corrected chi connectivity index (χ1v) is 11.3. The molecule has 2 aromatic carbocycles. The van der Waals surface area contributed by atoms with E-state index >= 15 is 0 Å². The number of halogens is 3. The van der Waals surface area contributed by atoms with Crippen LogP contribution in [0.4, 0.5) is 13.2 Å². The van der Waals surface area contributed by atoms with Gasteiger partial charge in [-0.2, -0.15) is 23.2 Å². The minimum Gasteiger partial charge on any atom is -0.452 e. The van der Waals surface area contributed by atoms with E-state index in [9.17, 15) is 26.9 Å². The van der Waals surface area contributed by atoms with Gasteiger partial charge in [0.1, 0.15) is 6.04 Å². The number of aromatic nitrogens is 1. The van der Waals surface area contributed by atoms with E-state index in [0.717, 1.165) is 23.5 Å². The second-order valence-electron chi connectivity index (χ2n) is 7.57. The van der Waals surface area contributed by atoms with Gasteiger partial charge in [-0.3, -0.25) is 0 Å². The Morgan fingerprint density at radius 3 is 2.58 bits per heavy atom. The lowest BCUT2D eigenvalue weighted by Crippen LogP contribution is -2.37. The molecule has 0 spiro atoms. The maximum Gasteiger partial charge on any atom is 0.408 e. The first-order valence-electron chi connectivity index (χ1n) is 9.79. The number of sulfonamides is 1. The SMILES string of the molecule is Cc1cccc(Cn2cc(C(NS(=O)(=O)c3ccco3)C(F)(F)F)c3ccc(C#N)cc32)c1. The van der Waals surface area contributed by atoms with Gasteiger partial charge in [-0.05, 0) is 36.8 Å². The van der Waals surface area contributed by atoms with Crippen LogP contribution in [0.3, 0.4) is 0 Å². The summed E-state index contributed by atoms with van der Waals surface area (Å²) in [5.41, 5.74) is 2.22. The first kappa shape index (κ1) is 22.6. The minimum absolute atomic E-state index is 0.186. The highest BCUT2D eigenvalue weighted by atomic mass is 32.2. The van der Waals surface area contributed by atoms with E-state index < -0.39 is 27.3 Å². The maximum absolute atomic E-state index is 14.1. The van der Waals surface area contributed by atoms with Crippen LogP contribution >= 0.6 is 0 Å². The average Bonchev–Trinajstić information content (AvgIpc) is 3.40. The Morgan fingerprint density at radius 2 is 1.94 bits per heavy atom. The predicted octanol–water partition coefficient (Wildman–Crippen LogP) is 5.04. The molecule has 0 amide bonds. The number of furan rings is 1. The third-order valence-electron chi connectivity index (χ3n) is 5.15. The van der Waals surface area contributed by atoms with E-state index in [0.29, 0.717) is 5.52 Å². The summed E-state index contributed by atoms with van der Waals surface area (Å²) in [6, 6.07) is 13.6. The summed E-state index contributed by atoms with van der Waals surface area (Å²) >= 11 is 0. The third-order valence-corrected chi connectivity index (χ3v) is 6.46. The van der Waals surface area contributed by atoms with E-state index in [4.69, 9.17) is 4.42 Å². The number of hydrogen-bond acceptors (Lipinski definition) is 4. The van der Waals surface area contributed by atoms with Crippen molar-refractivity contribution in [2.45, 2.75) is 30.8 Å². The van der Waals surface area contributed by atoms with Crippen LogP contribution in [0.15, 0.2) is 76.6 Å². The van der Waals surface area contributed by atoms with Crippen LogP contribution in [0.25, 0.3) is 10.9 Å². The van der Waals surface area contributed by atoms with Gasteiger partial charge in [-0.25, -0.2) is 8.42 Å². The van der Waals surface area contributed by atoms with Crippen molar-refractivity contribution in [1.82, 2.24) is 9.29 Å². The van der Waals surface area contributed by atoms with Crippen LogP contribution in [-0.2, 0) is 16.6 Å². The Morgan fingerprint density at radius 1 is 1.15 bits per heavy atom. The number of aryl methyl sites for hydroxylation is 1. The van der Waals surface area contributed by atoms with Crippen molar-refractivity contribution in [3.05, 3.63) is 89.3 Å². The highest BCUT2D eigenvalue weighted by Gasteiger charge is 2.45. The summed E-state index contributed by atoms with van der Waals surface area (Å²) in [5.74, 6) is 0. The summed E-state index contributed by atoms with van der Waals surface area (Å²) < 4.78 is 75.6. The van der Waals surface area contributed by atoms with E-state index in [-0.39, 0.29) is 23.1 Å². The van der Waals surface area contributed by atoms with Crippen molar-refractivity contribution in [1.29, 1.82) is 5.26 Å². The van der Waals surface area contributed by atoms with Crippen LogP contribution in [0.2, 0.25) is 0 Å². The molecule has 0 bridgehead atoms. The normalized spacial score (nSPS) is 13.2. The summed E-state index contributed by atoms with van der Waals surface area (Å²) in [5, 5.41) is 8.84. The Kier molecular flexibility index (Phi) is 5.78. The average molecular weight is 473 g/mol. The zero-order valence-corrected chi connectivity index (χ0v) is 18.1. The number of rotatable bonds is 6. The molecule has 2 aromatic heterocycles. The fourth-order valence-electron chi connectivity index (χ4n) is 3.69. The number of nitrogens with zero attached hydrogens (tertiary/aromatic N) is 2. The van der Waals surface area contributed by atoms with Gasteiger partial charge in [0.25, 0.3) is 10.0 Å². The zero-order valence-electron chi connectivity index (χ0n) is 17.3. The molecule has 6 nitrogen and oxygen atoms in total. The summed E-state index contributed by atoms with van der Waals surface area (Å²) in [7, 11) is -4.58. The largest absolute Gasteiger partial charge is 0.452 e. The molecule has 0 aliphatic heterocycles. The van der Waals surface area contributed by atoms with Crippen molar-refractivity contribution in [3.8, 4) is 6.07 Å². The van der Waals surface area contributed by atoms with Gasteiger partial charge in [-0.1, -0.05) is 35.9 Å². The highest BCUT2D eigenvalue weighted by molar-refractivity contribution is 7.89. The van der Waals surface area contributed by atoms with Crippen molar-refractivity contribution in [2.24, 2.45) is 0 Å². The van der Waals surface area contributed by atoms with Gasteiger partial charge >= 0.3 is 6.18 Å². The number of alkyl halides is 3. The van der Waals surface area contributed by atoms with Crippen molar-refractivity contribution in [2.75, 3.05) is 0 Å². The van der Waals surface area contributed by atoms with Crippen molar-refractivity contribution < 1.29 is 26.0 Å². The molecule has 0 aliphatic carbocycles. The second kappa shape index (κ2) is 8.42. The maximum atomic E-state index is 14.1. The lowest BCUT2D eigenvalue weighted by atomic mass is 10.0. The fraction of sp³-hybridized carbons (Fsp3) is 0.174. The van der Waals surface area contributed by atoms with Crippen LogP contribution in [0, 0.1) is 18.3 Å². The van der Waals surface area contributed by atoms with Gasteiger partial charge in [0.05, 0.1) is 17.9 Å². The Bertz CT molecular complexity index is 1450. The Labute approximate surface area is 187 Å². The van der Waals surface area contributed by atoms with Gasteiger partial charge in [0.2, 0.25) is 5.09 Å². The molecule has 33 heavy (non-hydrogen) atoms. The summed E-state index contributed by atoms with van der Waals surface area (Å²) in [6.07, 6.45) is -2.60. The standard InChI is InChI=1S/C23H18F3N3O3S/c1-15-4-2-5-17(10-15)13-29-14-19(18-8-7-16(12-27)11-20(18)29)22(23(24,25)26)28-33(30,31)21-6-3-9-32-21/h2-11,14,22,28H,13H2,1H3. The molecule has 170 valence electrons. The fourth-order valence-corrected chi connectivity index (χ4v) is 4.82. The molecule has 2 heterocycles. The summed E-state index contributed by atoms with van der Waals surface area (Å²) in [6.45, 7) is 2.14. The van der Waals surface area contributed by atoms with Crippen molar-refractivity contribution >= 4 is 20.9 Å². The second-order valence-corrected chi connectivity index (χ2v) is 9.22. The molecule has 1 N–H and O–H groups in total. The van der Waals surface area contributed by atoms with Gasteiger partial charge < -0.3 is 8.98 Å². The highest BCUT2D eigenvalue weighted by Crippen LogP contribution is 2.39. The molecule has 4 rings (SSSR count). The quantitative estimate of drug-likeness (QED) is 0.425. The van der Waals surface area contributed by atoms with E-state index in [1.807, 2.05) is 37.3 Å². The van der Waals surface area contributed by atoms with E-state index in [1.54, 1.807) is 9.29 Å². The monoisotopic (exact) mass is 473 g/mol. The number of hydrogen-bond donors (Lipinski definition) is 1. The van der Waals surface area contributed by atoms with Gasteiger partial charge in [-0.15, -0.1) is 0 Å². The lowest BCUT2D eigenvalue weighted by molar-refractivity contribution is -0.152. The molecule has 1 unspecified atom stereocenters. The molecule has 0 fully saturated rings. The molecule has 4 aromatic rings. The van der Waals surface area contributed by atoms with Crippen LogP contribution < -0.4 is 4.72 Å². The van der Waals surface area contributed by atoms with Gasteiger partial charge in [0.15, 0.2) is 0 Å². The third kappa shape index (κ3) is 4.65. The predicted molar refractivity (Wildman–Crippen MR) is 115 cm³/mol. The molecule has 10 heteroatoms. The lowest BCUT2D eigenvalue weighted by Gasteiger charge is -2.20. The van der Waals surface area contributed by atoms with E-state index in [2.05, 4.69) is 0 Å². The number of benzene rings is 2. The minimum atomic E-state index is -4.93. The topological polar surface area (TPSA) is 88.0 Å². The zero-order chi connectivity index (χ0) is 23.8. The molecular weight excluding hydrogens is 455 g/mol. The molecule has 0 saturated carbocycles. The summed E-state index contributed by atoms with van der Waals surface area (Å²) in [4.78, 5) is 0. The molecule has 0 aliphatic rings. The smallest absolute Gasteiger partial charge is 0.408 e. The molecular formula is C23H18F3N3O3S. The number of nitriles is 1. The molecule has 0 saturated heterocycles. The molecule has 0 radical (unpaired) electrons. The van der Waals surface area contributed by atoms with E-state index in [1.165, 1.54) is 30.5 Å². The Balaban J connectivity index is 1.86. The Hall–Kier alpha value is -3.55.